The minimum Gasteiger partial charge on any atom is -0.320 e. The summed E-state index contributed by atoms with van der Waals surface area (Å²) in [5.41, 5.74) is 6.61. The van der Waals surface area contributed by atoms with E-state index in [-0.39, 0.29) is 0 Å². The van der Waals surface area contributed by atoms with Gasteiger partial charge in [0, 0.05) is 17.8 Å². The SMILES string of the molecule is NC(C1CCc2cccnc21)C(F)(F)F. The van der Waals surface area contributed by atoms with Gasteiger partial charge in [-0.3, -0.25) is 4.98 Å². The highest BCUT2D eigenvalue weighted by molar-refractivity contribution is 5.30. The van der Waals surface area contributed by atoms with E-state index in [2.05, 4.69) is 4.98 Å². The van der Waals surface area contributed by atoms with Crippen LogP contribution < -0.4 is 5.73 Å². The molecule has 0 aliphatic heterocycles. The van der Waals surface area contributed by atoms with Crippen molar-refractivity contribution >= 4 is 0 Å². The van der Waals surface area contributed by atoms with Crippen LogP contribution in [0.4, 0.5) is 13.2 Å². The zero-order chi connectivity index (χ0) is 11.1. The number of halogens is 3. The van der Waals surface area contributed by atoms with Crippen molar-refractivity contribution in [2.75, 3.05) is 0 Å². The fraction of sp³-hybridized carbons (Fsp3) is 0.500. The van der Waals surface area contributed by atoms with Crippen LogP contribution in [-0.4, -0.2) is 17.2 Å². The van der Waals surface area contributed by atoms with Crippen molar-refractivity contribution in [2.24, 2.45) is 5.73 Å². The number of alkyl halides is 3. The van der Waals surface area contributed by atoms with Crippen LogP contribution in [0.5, 0.6) is 0 Å². The van der Waals surface area contributed by atoms with Gasteiger partial charge < -0.3 is 5.73 Å². The highest BCUT2D eigenvalue weighted by Crippen LogP contribution is 2.38. The van der Waals surface area contributed by atoms with Crippen LogP contribution in [0, 0.1) is 0 Å². The van der Waals surface area contributed by atoms with Crippen molar-refractivity contribution in [3.63, 3.8) is 0 Å². The molecule has 1 aliphatic rings. The topological polar surface area (TPSA) is 38.9 Å². The van der Waals surface area contributed by atoms with Gasteiger partial charge in [-0.25, -0.2) is 0 Å². The molecule has 0 bridgehead atoms. The number of fused-ring (bicyclic) bond motifs is 1. The molecule has 0 amide bonds. The third kappa shape index (κ3) is 1.84. The summed E-state index contributed by atoms with van der Waals surface area (Å²) in [5.74, 6) is -0.679. The van der Waals surface area contributed by atoms with Gasteiger partial charge in [0.15, 0.2) is 0 Å². The van der Waals surface area contributed by atoms with Gasteiger partial charge in [0.25, 0.3) is 0 Å². The van der Waals surface area contributed by atoms with Crippen LogP contribution >= 0.6 is 0 Å². The van der Waals surface area contributed by atoms with Crippen LogP contribution in [0.15, 0.2) is 18.3 Å². The van der Waals surface area contributed by atoms with Gasteiger partial charge in [0.05, 0.1) is 0 Å². The Hall–Kier alpha value is -1.10. The zero-order valence-electron chi connectivity index (χ0n) is 7.96. The van der Waals surface area contributed by atoms with E-state index in [1.54, 1.807) is 6.07 Å². The molecule has 82 valence electrons. The number of pyridine rings is 1. The molecule has 15 heavy (non-hydrogen) atoms. The summed E-state index contributed by atoms with van der Waals surface area (Å²) < 4.78 is 37.3. The van der Waals surface area contributed by atoms with Gasteiger partial charge in [-0.15, -0.1) is 0 Å². The lowest BCUT2D eigenvalue weighted by molar-refractivity contribution is -0.152. The number of hydrogen-bond donors (Lipinski definition) is 1. The van der Waals surface area contributed by atoms with Crippen LogP contribution in [0.3, 0.4) is 0 Å². The summed E-state index contributed by atoms with van der Waals surface area (Å²) >= 11 is 0. The Bertz CT molecular complexity index is 362. The molecule has 1 heterocycles. The Morgan fingerprint density at radius 3 is 2.87 bits per heavy atom. The van der Waals surface area contributed by atoms with Gasteiger partial charge in [-0.1, -0.05) is 6.07 Å². The molecule has 0 aromatic carbocycles. The van der Waals surface area contributed by atoms with E-state index in [0.717, 1.165) is 5.56 Å². The second-order valence-electron chi connectivity index (χ2n) is 3.76. The first-order valence-corrected chi connectivity index (χ1v) is 4.76. The second-order valence-corrected chi connectivity index (χ2v) is 3.76. The average Bonchev–Trinajstić information content (AvgIpc) is 2.58. The fourth-order valence-electron chi connectivity index (χ4n) is 2.02. The molecule has 0 fully saturated rings. The third-order valence-corrected chi connectivity index (χ3v) is 2.81. The highest BCUT2D eigenvalue weighted by atomic mass is 19.4. The Kier molecular flexibility index (Phi) is 2.42. The number of aromatic nitrogens is 1. The van der Waals surface area contributed by atoms with Gasteiger partial charge >= 0.3 is 6.18 Å². The molecule has 2 nitrogen and oxygen atoms in total. The number of nitrogens with zero attached hydrogens (tertiary/aromatic N) is 1. The third-order valence-electron chi connectivity index (χ3n) is 2.81. The van der Waals surface area contributed by atoms with E-state index in [9.17, 15) is 13.2 Å². The van der Waals surface area contributed by atoms with Gasteiger partial charge in [-0.05, 0) is 24.5 Å². The van der Waals surface area contributed by atoms with Crippen molar-refractivity contribution in [2.45, 2.75) is 31.0 Å². The summed E-state index contributed by atoms with van der Waals surface area (Å²) in [7, 11) is 0. The molecule has 1 aliphatic carbocycles. The molecule has 1 aromatic rings. The fourth-order valence-corrected chi connectivity index (χ4v) is 2.02. The molecule has 1 aromatic heterocycles. The van der Waals surface area contributed by atoms with E-state index in [1.165, 1.54) is 6.20 Å². The lowest BCUT2D eigenvalue weighted by Crippen LogP contribution is -2.42. The van der Waals surface area contributed by atoms with Crippen LogP contribution in [-0.2, 0) is 6.42 Å². The van der Waals surface area contributed by atoms with Crippen LogP contribution in [0.25, 0.3) is 0 Å². The predicted molar refractivity (Wildman–Crippen MR) is 49.3 cm³/mol. The van der Waals surface area contributed by atoms with E-state index in [0.29, 0.717) is 18.5 Å². The molecule has 2 N–H and O–H groups in total. The lowest BCUT2D eigenvalue weighted by atomic mass is 9.97. The van der Waals surface area contributed by atoms with Gasteiger partial charge in [0.2, 0.25) is 0 Å². The van der Waals surface area contributed by atoms with E-state index >= 15 is 0 Å². The maximum Gasteiger partial charge on any atom is 0.404 e. The largest absolute Gasteiger partial charge is 0.404 e. The maximum absolute atomic E-state index is 12.4. The van der Waals surface area contributed by atoms with E-state index in [4.69, 9.17) is 5.73 Å². The summed E-state index contributed by atoms with van der Waals surface area (Å²) in [6.45, 7) is 0. The Balaban J connectivity index is 2.28. The number of rotatable bonds is 1. The Morgan fingerprint density at radius 2 is 2.20 bits per heavy atom. The number of aryl methyl sites for hydroxylation is 1. The van der Waals surface area contributed by atoms with Gasteiger partial charge in [-0.2, -0.15) is 13.2 Å². The Labute approximate surface area is 85.3 Å². The molecular formula is C10H11F3N2. The minimum atomic E-state index is -4.34. The van der Waals surface area contributed by atoms with Crippen molar-refractivity contribution in [1.82, 2.24) is 4.98 Å². The normalized spacial score (nSPS) is 22.5. The van der Waals surface area contributed by atoms with Crippen LogP contribution in [0.1, 0.15) is 23.6 Å². The van der Waals surface area contributed by atoms with Crippen molar-refractivity contribution in [1.29, 1.82) is 0 Å². The molecule has 5 heteroatoms. The quantitative estimate of drug-likeness (QED) is 0.779. The van der Waals surface area contributed by atoms with Crippen molar-refractivity contribution < 1.29 is 13.2 Å². The zero-order valence-corrected chi connectivity index (χ0v) is 7.96. The molecule has 2 rings (SSSR count). The molecule has 2 atom stereocenters. The molecule has 0 saturated heterocycles. The minimum absolute atomic E-state index is 0.438. The Morgan fingerprint density at radius 1 is 1.47 bits per heavy atom. The first-order valence-electron chi connectivity index (χ1n) is 4.76. The van der Waals surface area contributed by atoms with E-state index in [1.807, 2.05) is 6.07 Å². The summed E-state index contributed by atoms with van der Waals surface area (Å²) in [6.07, 6.45) is -1.76. The van der Waals surface area contributed by atoms with E-state index < -0.39 is 18.1 Å². The standard InChI is InChI=1S/C10H11F3N2/c11-10(12,13)9(14)7-4-3-6-2-1-5-15-8(6)7/h1-2,5,7,9H,3-4,14H2. The predicted octanol–water partition coefficient (Wildman–Crippen LogP) is 2.00. The smallest absolute Gasteiger partial charge is 0.320 e. The average molecular weight is 216 g/mol. The second kappa shape index (κ2) is 3.48. The molecule has 0 spiro atoms. The molecular weight excluding hydrogens is 205 g/mol. The number of hydrogen-bond acceptors (Lipinski definition) is 2. The van der Waals surface area contributed by atoms with Crippen LogP contribution in [0.2, 0.25) is 0 Å². The first-order chi connectivity index (χ1) is 7.00. The summed E-state index contributed by atoms with van der Waals surface area (Å²) in [5, 5.41) is 0. The molecule has 0 saturated carbocycles. The highest BCUT2D eigenvalue weighted by Gasteiger charge is 2.45. The van der Waals surface area contributed by atoms with Crippen molar-refractivity contribution in [3.8, 4) is 0 Å². The molecule has 0 radical (unpaired) electrons. The first kappa shape index (κ1) is 10.4. The maximum atomic E-state index is 12.4. The van der Waals surface area contributed by atoms with Crippen molar-refractivity contribution in [3.05, 3.63) is 29.6 Å². The monoisotopic (exact) mass is 216 g/mol. The summed E-state index contributed by atoms with van der Waals surface area (Å²) in [4.78, 5) is 4.00. The lowest BCUT2D eigenvalue weighted by Gasteiger charge is -2.21. The van der Waals surface area contributed by atoms with Gasteiger partial charge in [0.1, 0.15) is 6.04 Å². The summed E-state index contributed by atoms with van der Waals surface area (Å²) in [6, 6.07) is 1.75. The number of nitrogens with two attached hydrogens (primary N) is 1. The molecule has 2 unspecified atom stereocenters.